The van der Waals surface area contributed by atoms with Gasteiger partial charge in [0, 0.05) is 29.3 Å². The summed E-state index contributed by atoms with van der Waals surface area (Å²) >= 11 is 3.45. The highest BCUT2D eigenvalue weighted by Crippen LogP contribution is 2.13. The Kier molecular flexibility index (Phi) is 4.96. The Bertz CT molecular complexity index is 450. The normalized spacial score (nSPS) is 15.2. The van der Waals surface area contributed by atoms with Crippen LogP contribution in [0.15, 0.2) is 17.2 Å². The Morgan fingerprint density at radius 2 is 2.06 bits per heavy atom. The predicted molar refractivity (Wildman–Crippen MR) is 79.5 cm³/mol. The summed E-state index contributed by atoms with van der Waals surface area (Å²) in [7, 11) is 0. The number of anilines is 1. The van der Waals surface area contributed by atoms with Crippen molar-refractivity contribution in [3.63, 3.8) is 0 Å². The standard InChI is InChI=1S/C13H22BrN3O/c1-9(8-14)10(2)16-11-12(18)17(7-6-15-11)13(3,4)5/h6-7,9-10H,8H2,1-5H3,(H,15,16). The van der Waals surface area contributed by atoms with E-state index >= 15 is 0 Å². The molecule has 1 heterocycles. The lowest BCUT2D eigenvalue weighted by atomic mass is 10.1. The van der Waals surface area contributed by atoms with E-state index in [-0.39, 0.29) is 17.1 Å². The molecular weight excluding hydrogens is 294 g/mol. The van der Waals surface area contributed by atoms with E-state index in [1.54, 1.807) is 17.0 Å². The summed E-state index contributed by atoms with van der Waals surface area (Å²) in [6.45, 7) is 10.2. The van der Waals surface area contributed by atoms with Gasteiger partial charge in [-0.25, -0.2) is 4.98 Å². The molecule has 0 aliphatic rings. The third-order valence-electron chi connectivity index (χ3n) is 3.02. The molecule has 1 aromatic heterocycles. The molecule has 0 aliphatic heterocycles. The highest BCUT2D eigenvalue weighted by molar-refractivity contribution is 9.09. The number of halogens is 1. The molecular formula is C13H22BrN3O. The SMILES string of the molecule is CC(CBr)C(C)Nc1nccn(C(C)(C)C)c1=O. The molecule has 0 spiro atoms. The van der Waals surface area contributed by atoms with Crippen LogP contribution < -0.4 is 10.9 Å². The fourth-order valence-corrected chi connectivity index (χ4v) is 2.09. The molecule has 4 nitrogen and oxygen atoms in total. The molecule has 1 aromatic rings. The molecule has 0 aromatic carbocycles. The zero-order chi connectivity index (χ0) is 13.9. The number of aromatic nitrogens is 2. The van der Waals surface area contributed by atoms with E-state index in [0.29, 0.717) is 11.7 Å². The van der Waals surface area contributed by atoms with Gasteiger partial charge in [0.15, 0.2) is 5.82 Å². The van der Waals surface area contributed by atoms with Crippen LogP contribution in [0.2, 0.25) is 0 Å². The topological polar surface area (TPSA) is 46.9 Å². The van der Waals surface area contributed by atoms with Crippen molar-refractivity contribution in [1.29, 1.82) is 0 Å². The summed E-state index contributed by atoms with van der Waals surface area (Å²) in [4.78, 5) is 16.4. The third-order valence-corrected chi connectivity index (χ3v) is 4.05. The molecule has 18 heavy (non-hydrogen) atoms. The Labute approximate surface area is 117 Å². The van der Waals surface area contributed by atoms with E-state index in [9.17, 15) is 4.79 Å². The van der Waals surface area contributed by atoms with Gasteiger partial charge < -0.3 is 9.88 Å². The molecule has 0 bridgehead atoms. The van der Waals surface area contributed by atoms with Gasteiger partial charge in [-0.1, -0.05) is 22.9 Å². The van der Waals surface area contributed by atoms with Crippen molar-refractivity contribution in [2.75, 3.05) is 10.6 Å². The van der Waals surface area contributed by atoms with Crippen molar-refractivity contribution >= 4 is 21.7 Å². The van der Waals surface area contributed by atoms with Crippen LogP contribution in [0.5, 0.6) is 0 Å². The summed E-state index contributed by atoms with van der Waals surface area (Å²) in [5, 5.41) is 4.09. The average molecular weight is 316 g/mol. The van der Waals surface area contributed by atoms with E-state index in [4.69, 9.17) is 0 Å². The Balaban J connectivity index is 3.02. The minimum atomic E-state index is -0.235. The lowest BCUT2D eigenvalue weighted by Crippen LogP contribution is -2.37. The van der Waals surface area contributed by atoms with E-state index < -0.39 is 0 Å². The first-order chi connectivity index (χ1) is 8.27. The highest BCUT2D eigenvalue weighted by Gasteiger charge is 2.18. The van der Waals surface area contributed by atoms with Crippen molar-refractivity contribution in [2.24, 2.45) is 5.92 Å². The molecule has 0 saturated heterocycles. The highest BCUT2D eigenvalue weighted by atomic mass is 79.9. The molecule has 2 atom stereocenters. The molecule has 0 amide bonds. The van der Waals surface area contributed by atoms with Crippen LogP contribution >= 0.6 is 15.9 Å². The number of hydrogen-bond acceptors (Lipinski definition) is 3. The number of rotatable bonds is 4. The summed E-state index contributed by atoms with van der Waals surface area (Å²) in [5.74, 6) is 0.849. The Morgan fingerprint density at radius 3 is 2.56 bits per heavy atom. The van der Waals surface area contributed by atoms with Crippen molar-refractivity contribution in [1.82, 2.24) is 9.55 Å². The molecule has 0 aliphatic carbocycles. The van der Waals surface area contributed by atoms with Gasteiger partial charge in [0.05, 0.1) is 0 Å². The maximum Gasteiger partial charge on any atom is 0.293 e. The third kappa shape index (κ3) is 3.57. The molecule has 2 unspecified atom stereocenters. The fraction of sp³-hybridized carbons (Fsp3) is 0.692. The van der Waals surface area contributed by atoms with Gasteiger partial charge in [-0.05, 0) is 33.6 Å². The fourth-order valence-electron chi connectivity index (χ4n) is 1.53. The molecule has 5 heteroatoms. The second kappa shape index (κ2) is 5.87. The zero-order valence-electron chi connectivity index (χ0n) is 11.7. The van der Waals surface area contributed by atoms with Crippen molar-refractivity contribution in [3.05, 3.63) is 22.7 Å². The smallest absolute Gasteiger partial charge is 0.293 e. The summed E-state index contributed by atoms with van der Waals surface area (Å²) in [6, 6.07) is 0.195. The van der Waals surface area contributed by atoms with Gasteiger partial charge in [0.2, 0.25) is 0 Å². The minimum Gasteiger partial charge on any atom is -0.363 e. The second-order valence-electron chi connectivity index (χ2n) is 5.69. The van der Waals surface area contributed by atoms with Crippen LogP contribution in [-0.2, 0) is 5.54 Å². The molecule has 102 valence electrons. The van der Waals surface area contributed by atoms with E-state index in [1.807, 2.05) is 20.8 Å². The number of nitrogens with one attached hydrogen (secondary N) is 1. The quantitative estimate of drug-likeness (QED) is 0.869. The van der Waals surface area contributed by atoms with Gasteiger partial charge in [-0.15, -0.1) is 0 Å². The second-order valence-corrected chi connectivity index (χ2v) is 6.33. The van der Waals surface area contributed by atoms with Gasteiger partial charge in [-0.3, -0.25) is 4.79 Å². The van der Waals surface area contributed by atoms with Gasteiger partial charge in [0.1, 0.15) is 0 Å². The number of hydrogen-bond donors (Lipinski definition) is 1. The number of alkyl halides is 1. The Morgan fingerprint density at radius 1 is 1.44 bits per heavy atom. The number of nitrogens with zero attached hydrogens (tertiary/aromatic N) is 2. The average Bonchev–Trinajstić information content (AvgIpc) is 2.29. The van der Waals surface area contributed by atoms with E-state index in [1.165, 1.54) is 0 Å². The van der Waals surface area contributed by atoms with Crippen LogP contribution in [0, 0.1) is 5.92 Å². The van der Waals surface area contributed by atoms with Crippen LogP contribution in [0.3, 0.4) is 0 Å². The summed E-state index contributed by atoms with van der Waals surface area (Å²) in [6.07, 6.45) is 3.40. The van der Waals surface area contributed by atoms with E-state index in [2.05, 4.69) is 40.1 Å². The van der Waals surface area contributed by atoms with Gasteiger partial charge in [-0.2, -0.15) is 0 Å². The van der Waals surface area contributed by atoms with Crippen molar-refractivity contribution in [2.45, 2.75) is 46.2 Å². The molecule has 0 radical (unpaired) electrons. The minimum absolute atomic E-state index is 0.0707. The first-order valence-corrected chi connectivity index (χ1v) is 7.30. The van der Waals surface area contributed by atoms with Crippen LogP contribution in [0.4, 0.5) is 5.82 Å². The maximum atomic E-state index is 12.3. The summed E-state index contributed by atoms with van der Waals surface area (Å²) in [5.41, 5.74) is -0.306. The van der Waals surface area contributed by atoms with Crippen LogP contribution in [0.25, 0.3) is 0 Å². The molecule has 1 N–H and O–H groups in total. The lowest BCUT2D eigenvalue weighted by Gasteiger charge is -2.24. The van der Waals surface area contributed by atoms with Gasteiger partial charge >= 0.3 is 0 Å². The van der Waals surface area contributed by atoms with Crippen LogP contribution in [-0.4, -0.2) is 20.9 Å². The summed E-state index contributed by atoms with van der Waals surface area (Å²) < 4.78 is 1.70. The zero-order valence-corrected chi connectivity index (χ0v) is 13.3. The largest absolute Gasteiger partial charge is 0.363 e. The van der Waals surface area contributed by atoms with Crippen LogP contribution in [0.1, 0.15) is 34.6 Å². The molecule has 1 rings (SSSR count). The monoisotopic (exact) mass is 315 g/mol. The van der Waals surface area contributed by atoms with Crippen molar-refractivity contribution in [3.8, 4) is 0 Å². The first-order valence-electron chi connectivity index (χ1n) is 6.18. The Hall–Kier alpha value is -0.840. The molecule has 0 saturated carbocycles. The lowest BCUT2D eigenvalue weighted by molar-refractivity contribution is 0.382. The first kappa shape index (κ1) is 15.2. The molecule has 0 fully saturated rings. The van der Waals surface area contributed by atoms with Crippen molar-refractivity contribution < 1.29 is 0 Å². The predicted octanol–water partition coefficient (Wildman–Crippen LogP) is 2.83. The maximum absolute atomic E-state index is 12.3. The van der Waals surface area contributed by atoms with E-state index in [0.717, 1.165) is 5.33 Å². The van der Waals surface area contributed by atoms with Gasteiger partial charge in [0.25, 0.3) is 5.56 Å².